The first-order valence-electron chi connectivity index (χ1n) is 12.9. The Bertz CT molecular complexity index is 1500. The SMILES string of the molecule is O=C(O)CCCCc1cc2cc(C(=O)NC3CCCc4cc(Cl)ccc43)ccc2nc1-c1ccc(F)cc1. The normalized spacial score (nSPS) is 14.7. The van der Waals surface area contributed by atoms with E-state index in [4.69, 9.17) is 21.7 Å². The Morgan fingerprint density at radius 2 is 1.84 bits per heavy atom. The van der Waals surface area contributed by atoms with Gasteiger partial charge >= 0.3 is 5.97 Å². The first-order valence-corrected chi connectivity index (χ1v) is 13.3. The lowest BCUT2D eigenvalue weighted by Crippen LogP contribution is -2.31. The molecule has 194 valence electrons. The predicted molar refractivity (Wildman–Crippen MR) is 147 cm³/mol. The second-order valence-corrected chi connectivity index (χ2v) is 10.2. The summed E-state index contributed by atoms with van der Waals surface area (Å²) >= 11 is 6.17. The highest BCUT2D eigenvalue weighted by molar-refractivity contribution is 6.30. The number of hydrogen-bond acceptors (Lipinski definition) is 3. The molecule has 1 aliphatic rings. The van der Waals surface area contributed by atoms with Crippen molar-refractivity contribution in [3.63, 3.8) is 0 Å². The third kappa shape index (κ3) is 5.86. The molecule has 5 nitrogen and oxygen atoms in total. The number of nitrogens with one attached hydrogen (secondary N) is 1. The van der Waals surface area contributed by atoms with Crippen LogP contribution in [0.25, 0.3) is 22.2 Å². The van der Waals surface area contributed by atoms with Gasteiger partial charge in [-0.05, 0) is 116 Å². The van der Waals surface area contributed by atoms with Crippen LogP contribution in [0.2, 0.25) is 5.02 Å². The van der Waals surface area contributed by atoms with Crippen LogP contribution in [0.4, 0.5) is 4.39 Å². The van der Waals surface area contributed by atoms with Crippen molar-refractivity contribution in [2.75, 3.05) is 0 Å². The van der Waals surface area contributed by atoms with Crippen molar-refractivity contribution in [1.82, 2.24) is 10.3 Å². The number of unbranched alkanes of at least 4 members (excludes halogenated alkanes) is 1. The Morgan fingerprint density at radius 3 is 2.63 bits per heavy atom. The highest BCUT2D eigenvalue weighted by Crippen LogP contribution is 2.32. The number of fused-ring (bicyclic) bond motifs is 2. The number of pyridine rings is 1. The minimum Gasteiger partial charge on any atom is -0.481 e. The number of carboxylic acids is 1. The second-order valence-electron chi connectivity index (χ2n) is 9.77. The molecule has 1 amide bonds. The monoisotopic (exact) mass is 530 g/mol. The van der Waals surface area contributed by atoms with Crippen molar-refractivity contribution in [3.05, 3.63) is 99.8 Å². The average molecular weight is 531 g/mol. The zero-order valence-corrected chi connectivity index (χ0v) is 21.6. The van der Waals surface area contributed by atoms with E-state index in [9.17, 15) is 14.0 Å². The molecule has 7 heteroatoms. The molecule has 4 aromatic rings. The zero-order valence-electron chi connectivity index (χ0n) is 20.8. The van der Waals surface area contributed by atoms with Gasteiger partial charge in [-0.3, -0.25) is 9.59 Å². The Balaban J connectivity index is 1.43. The number of carboxylic acid groups (broad SMARTS) is 1. The van der Waals surface area contributed by atoms with Gasteiger partial charge in [-0.15, -0.1) is 0 Å². The van der Waals surface area contributed by atoms with Gasteiger partial charge in [-0.1, -0.05) is 17.7 Å². The molecule has 1 atom stereocenters. The summed E-state index contributed by atoms with van der Waals surface area (Å²) in [5, 5.41) is 13.7. The van der Waals surface area contributed by atoms with Crippen molar-refractivity contribution >= 4 is 34.4 Å². The molecule has 5 rings (SSSR count). The highest BCUT2D eigenvalue weighted by Gasteiger charge is 2.23. The fourth-order valence-electron chi connectivity index (χ4n) is 5.18. The van der Waals surface area contributed by atoms with E-state index in [-0.39, 0.29) is 24.2 Å². The zero-order chi connectivity index (χ0) is 26.6. The van der Waals surface area contributed by atoms with Crippen LogP contribution in [-0.2, 0) is 17.6 Å². The largest absolute Gasteiger partial charge is 0.481 e. The molecule has 0 saturated carbocycles. The second kappa shape index (κ2) is 11.3. The lowest BCUT2D eigenvalue weighted by Gasteiger charge is -2.26. The van der Waals surface area contributed by atoms with Crippen molar-refractivity contribution < 1.29 is 19.1 Å². The highest BCUT2D eigenvalue weighted by atomic mass is 35.5. The van der Waals surface area contributed by atoms with Gasteiger partial charge in [0, 0.05) is 28.0 Å². The number of carbonyl (C=O) groups is 2. The molecule has 2 N–H and O–H groups in total. The van der Waals surface area contributed by atoms with Crippen molar-refractivity contribution in [1.29, 1.82) is 0 Å². The number of carbonyl (C=O) groups excluding carboxylic acids is 1. The maximum atomic E-state index is 13.5. The van der Waals surface area contributed by atoms with Gasteiger partial charge in [0.05, 0.1) is 17.3 Å². The average Bonchev–Trinajstić information content (AvgIpc) is 2.90. The quantitative estimate of drug-likeness (QED) is 0.234. The maximum absolute atomic E-state index is 13.5. The van der Waals surface area contributed by atoms with Gasteiger partial charge in [0.1, 0.15) is 5.82 Å². The number of benzene rings is 3. The van der Waals surface area contributed by atoms with Crippen LogP contribution in [0.1, 0.15) is 65.2 Å². The van der Waals surface area contributed by atoms with E-state index in [2.05, 4.69) is 5.32 Å². The van der Waals surface area contributed by atoms with Crippen LogP contribution >= 0.6 is 11.6 Å². The summed E-state index contributed by atoms with van der Waals surface area (Å²) in [6.45, 7) is 0. The van der Waals surface area contributed by atoms with Crippen molar-refractivity contribution in [2.24, 2.45) is 0 Å². The number of amides is 1. The third-order valence-electron chi connectivity index (χ3n) is 7.08. The van der Waals surface area contributed by atoms with Gasteiger partial charge in [0.15, 0.2) is 0 Å². The van der Waals surface area contributed by atoms with Crippen LogP contribution in [0, 0.1) is 5.82 Å². The summed E-state index contributed by atoms with van der Waals surface area (Å²) in [5.74, 6) is -1.29. The summed E-state index contributed by atoms with van der Waals surface area (Å²) in [5.41, 5.74) is 6.04. The summed E-state index contributed by atoms with van der Waals surface area (Å²) in [6.07, 6.45) is 4.77. The van der Waals surface area contributed by atoms with E-state index in [1.54, 1.807) is 18.2 Å². The van der Waals surface area contributed by atoms with E-state index in [0.29, 0.717) is 29.8 Å². The van der Waals surface area contributed by atoms with Crippen LogP contribution in [0.5, 0.6) is 0 Å². The number of hydrogen-bond donors (Lipinski definition) is 2. The minimum atomic E-state index is -0.820. The van der Waals surface area contributed by atoms with Gasteiger partial charge < -0.3 is 10.4 Å². The molecule has 0 radical (unpaired) electrons. The van der Waals surface area contributed by atoms with Crippen molar-refractivity contribution in [3.8, 4) is 11.3 Å². The smallest absolute Gasteiger partial charge is 0.303 e. The fourth-order valence-corrected chi connectivity index (χ4v) is 5.37. The van der Waals surface area contributed by atoms with E-state index in [0.717, 1.165) is 52.5 Å². The molecule has 0 bridgehead atoms. The third-order valence-corrected chi connectivity index (χ3v) is 7.32. The molecular formula is C31H28ClFN2O3. The molecule has 1 heterocycles. The van der Waals surface area contributed by atoms with Crippen molar-refractivity contribution in [2.45, 2.75) is 51.0 Å². The fraction of sp³-hybridized carbons (Fsp3) is 0.258. The van der Waals surface area contributed by atoms with Gasteiger partial charge in [-0.2, -0.15) is 0 Å². The van der Waals surface area contributed by atoms with Gasteiger partial charge in [0.2, 0.25) is 0 Å². The summed E-state index contributed by atoms with van der Waals surface area (Å²) < 4.78 is 13.5. The van der Waals surface area contributed by atoms with Crippen LogP contribution in [0.3, 0.4) is 0 Å². The van der Waals surface area contributed by atoms with E-state index >= 15 is 0 Å². The van der Waals surface area contributed by atoms with E-state index in [1.165, 1.54) is 17.7 Å². The predicted octanol–water partition coefficient (Wildman–Crippen LogP) is 7.30. The molecule has 1 aliphatic carbocycles. The van der Waals surface area contributed by atoms with Gasteiger partial charge in [0.25, 0.3) is 5.91 Å². The molecule has 0 spiro atoms. The molecule has 3 aromatic carbocycles. The molecule has 0 aliphatic heterocycles. The number of aliphatic carboxylic acids is 1. The van der Waals surface area contributed by atoms with E-state index in [1.807, 2.05) is 36.4 Å². The van der Waals surface area contributed by atoms with Crippen LogP contribution in [-0.4, -0.2) is 22.0 Å². The number of halogens is 2. The Morgan fingerprint density at radius 1 is 1.03 bits per heavy atom. The minimum absolute atomic E-state index is 0.0667. The first-order chi connectivity index (χ1) is 18.4. The molecule has 0 saturated heterocycles. The number of aromatic nitrogens is 1. The van der Waals surface area contributed by atoms with Gasteiger partial charge in [-0.25, -0.2) is 9.37 Å². The lowest BCUT2D eigenvalue weighted by molar-refractivity contribution is -0.137. The molecule has 38 heavy (non-hydrogen) atoms. The topological polar surface area (TPSA) is 79.3 Å². The molecule has 0 fully saturated rings. The summed E-state index contributed by atoms with van der Waals surface area (Å²) in [7, 11) is 0. The Kier molecular flexibility index (Phi) is 7.70. The number of aryl methyl sites for hydroxylation is 2. The Labute approximate surface area is 225 Å². The summed E-state index contributed by atoms with van der Waals surface area (Å²) in [6, 6.07) is 19.4. The molecule has 1 aromatic heterocycles. The summed E-state index contributed by atoms with van der Waals surface area (Å²) in [4.78, 5) is 29.1. The number of rotatable bonds is 8. The lowest BCUT2D eigenvalue weighted by atomic mass is 9.87. The molecular weight excluding hydrogens is 503 g/mol. The molecule has 1 unspecified atom stereocenters. The number of nitrogens with zero attached hydrogens (tertiary/aromatic N) is 1. The Hall–Kier alpha value is -3.77. The maximum Gasteiger partial charge on any atom is 0.303 e. The first kappa shape index (κ1) is 25.9. The van der Waals surface area contributed by atoms with E-state index < -0.39 is 5.97 Å². The standard InChI is InChI=1S/C31H28ClFN2O3/c32-24-11-14-26-20(18-24)5-3-6-28(26)35-31(38)22-10-15-27-23(17-22)16-21(4-1-2-7-29(36)37)30(34-27)19-8-12-25(33)13-9-19/h8-18,28H,1-7H2,(H,35,38)(H,36,37). The van der Waals surface area contributed by atoms with Crippen LogP contribution < -0.4 is 5.32 Å². The van der Waals surface area contributed by atoms with Crippen LogP contribution in [0.15, 0.2) is 66.7 Å².